The Morgan fingerprint density at radius 3 is 2.57 bits per heavy atom. The zero-order chi connectivity index (χ0) is 15.2. The summed E-state index contributed by atoms with van der Waals surface area (Å²) in [6.07, 6.45) is 6.69. The predicted octanol–water partition coefficient (Wildman–Crippen LogP) is 5.70. The fourth-order valence-electron chi connectivity index (χ4n) is 3.36. The second-order valence-corrected chi connectivity index (χ2v) is 8.12. The van der Waals surface area contributed by atoms with Crippen LogP contribution in [0.15, 0.2) is 22.7 Å². The molecule has 1 aromatic rings. The van der Waals surface area contributed by atoms with E-state index in [2.05, 4.69) is 47.2 Å². The van der Waals surface area contributed by atoms with Crippen LogP contribution in [0, 0.1) is 17.8 Å². The first-order valence-corrected chi connectivity index (χ1v) is 9.38. The lowest BCUT2D eigenvalue weighted by molar-refractivity contribution is 0.316. The fourth-order valence-corrected chi connectivity index (χ4v) is 4.11. The molecule has 0 bridgehead atoms. The Kier molecular flexibility index (Phi) is 7.04. The molecule has 1 atom stereocenters. The largest absolute Gasteiger partial charge is 0.316 e. The van der Waals surface area contributed by atoms with Crippen LogP contribution in [0.3, 0.4) is 0 Å². The summed E-state index contributed by atoms with van der Waals surface area (Å²) in [4.78, 5) is 0. The van der Waals surface area contributed by atoms with Crippen molar-refractivity contribution in [1.82, 2.24) is 5.32 Å². The number of nitrogens with one attached hydrogen (secondary N) is 1. The van der Waals surface area contributed by atoms with Gasteiger partial charge in [0.05, 0.1) is 0 Å². The van der Waals surface area contributed by atoms with Gasteiger partial charge in [0, 0.05) is 9.50 Å². The monoisotopic (exact) mass is 371 g/mol. The maximum Gasteiger partial charge on any atom is 0.0449 e. The van der Waals surface area contributed by atoms with Crippen LogP contribution in [-0.4, -0.2) is 13.1 Å². The first-order chi connectivity index (χ1) is 10.1. The molecule has 0 spiro atoms. The number of halogens is 2. The third kappa shape index (κ3) is 5.58. The van der Waals surface area contributed by atoms with E-state index in [1.54, 1.807) is 0 Å². The summed E-state index contributed by atoms with van der Waals surface area (Å²) in [6.45, 7) is 6.76. The normalized spacial score (nSPS) is 17.6. The summed E-state index contributed by atoms with van der Waals surface area (Å²) in [6, 6.07) is 6.30. The van der Waals surface area contributed by atoms with Crippen LogP contribution >= 0.6 is 27.5 Å². The minimum atomic E-state index is 0.713. The van der Waals surface area contributed by atoms with Crippen molar-refractivity contribution in [3.05, 3.63) is 33.3 Å². The Balaban J connectivity index is 2.00. The zero-order valence-electron chi connectivity index (χ0n) is 13.2. The molecular weight excluding hydrogens is 346 g/mol. The van der Waals surface area contributed by atoms with Crippen molar-refractivity contribution < 1.29 is 0 Å². The van der Waals surface area contributed by atoms with Gasteiger partial charge in [0.15, 0.2) is 0 Å². The van der Waals surface area contributed by atoms with E-state index in [4.69, 9.17) is 11.6 Å². The second kappa shape index (κ2) is 8.55. The van der Waals surface area contributed by atoms with Gasteiger partial charge in [0.2, 0.25) is 0 Å². The summed E-state index contributed by atoms with van der Waals surface area (Å²) in [5.41, 5.74) is 1.29. The quantitative estimate of drug-likeness (QED) is 0.647. The summed E-state index contributed by atoms with van der Waals surface area (Å²) in [5.74, 6) is 2.29. The zero-order valence-corrected chi connectivity index (χ0v) is 15.5. The van der Waals surface area contributed by atoms with Crippen molar-refractivity contribution >= 4 is 27.5 Å². The third-order valence-corrected chi connectivity index (χ3v) is 5.37. The molecule has 1 nitrogen and oxygen atoms in total. The molecular formula is C18H27BrClN. The summed E-state index contributed by atoms with van der Waals surface area (Å²) < 4.78 is 1.06. The van der Waals surface area contributed by atoms with Crippen LogP contribution in [-0.2, 0) is 6.42 Å². The van der Waals surface area contributed by atoms with Crippen LogP contribution in [0.2, 0.25) is 5.02 Å². The Morgan fingerprint density at radius 1 is 1.24 bits per heavy atom. The van der Waals surface area contributed by atoms with E-state index in [1.807, 2.05) is 6.07 Å². The SMILES string of the molecule is CC(C)CNCC(Cc1ccc(Br)cc1Cl)C1CCCC1. The van der Waals surface area contributed by atoms with Gasteiger partial charge in [0.1, 0.15) is 0 Å². The lowest BCUT2D eigenvalue weighted by Crippen LogP contribution is -2.31. The molecule has 21 heavy (non-hydrogen) atoms. The summed E-state index contributed by atoms with van der Waals surface area (Å²) in [7, 11) is 0. The summed E-state index contributed by atoms with van der Waals surface area (Å²) >= 11 is 9.90. The molecule has 0 aliphatic heterocycles. The van der Waals surface area contributed by atoms with Crippen molar-refractivity contribution in [2.45, 2.75) is 46.0 Å². The standard InChI is InChI=1S/C18H27BrClN/c1-13(2)11-21-12-16(14-5-3-4-6-14)9-15-7-8-17(19)10-18(15)20/h7-8,10,13-14,16,21H,3-6,9,11-12H2,1-2H3. The number of hydrogen-bond acceptors (Lipinski definition) is 1. The maximum atomic E-state index is 6.41. The Hall–Kier alpha value is -0.0500. The molecule has 1 N–H and O–H groups in total. The van der Waals surface area contributed by atoms with Gasteiger partial charge in [-0.2, -0.15) is 0 Å². The molecule has 0 amide bonds. The topological polar surface area (TPSA) is 12.0 Å². The molecule has 0 radical (unpaired) electrons. The van der Waals surface area contributed by atoms with Gasteiger partial charge in [-0.3, -0.25) is 0 Å². The van der Waals surface area contributed by atoms with Crippen LogP contribution < -0.4 is 5.32 Å². The molecule has 3 heteroatoms. The number of rotatable bonds is 7. The van der Waals surface area contributed by atoms with Crippen LogP contribution in [0.25, 0.3) is 0 Å². The fraction of sp³-hybridized carbons (Fsp3) is 0.667. The minimum Gasteiger partial charge on any atom is -0.316 e. The lowest BCUT2D eigenvalue weighted by Gasteiger charge is -2.25. The third-order valence-electron chi connectivity index (χ3n) is 4.52. The van der Waals surface area contributed by atoms with E-state index >= 15 is 0 Å². The van der Waals surface area contributed by atoms with E-state index in [0.717, 1.165) is 34.9 Å². The van der Waals surface area contributed by atoms with Crippen molar-refractivity contribution in [2.24, 2.45) is 17.8 Å². The first kappa shape index (κ1) is 17.3. The van der Waals surface area contributed by atoms with E-state index in [-0.39, 0.29) is 0 Å². The van der Waals surface area contributed by atoms with Gasteiger partial charge in [-0.25, -0.2) is 0 Å². The molecule has 0 heterocycles. The van der Waals surface area contributed by atoms with Gasteiger partial charge in [-0.05, 0) is 55.0 Å². The molecule has 1 fully saturated rings. The summed E-state index contributed by atoms with van der Waals surface area (Å²) in [5, 5.41) is 4.56. The molecule has 0 saturated heterocycles. The Morgan fingerprint density at radius 2 is 1.95 bits per heavy atom. The highest BCUT2D eigenvalue weighted by molar-refractivity contribution is 9.10. The minimum absolute atomic E-state index is 0.713. The molecule has 1 aliphatic rings. The van der Waals surface area contributed by atoms with Crippen molar-refractivity contribution in [3.63, 3.8) is 0 Å². The molecule has 1 saturated carbocycles. The maximum absolute atomic E-state index is 6.41. The molecule has 0 aromatic heterocycles. The van der Waals surface area contributed by atoms with Gasteiger partial charge in [-0.15, -0.1) is 0 Å². The van der Waals surface area contributed by atoms with Gasteiger partial charge < -0.3 is 5.32 Å². The van der Waals surface area contributed by atoms with E-state index in [0.29, 0.717) is 11.8 Å². The van der Waals surface area contributed by atoms with Crippen molar-refractivity contribution in [1.29, 1.82) is 0 Å². The van der Waals surface area contributed by atoms with E-state index < -0.39 is 0 Å². The molecule has 1 unspecified atom stereocenters. The number of benzene rings is 1. The highest BCUT2D eigenvalue weighted by atomic mass is 79.9. The van der Waals surface area contributed by atoms with Gasteiger partial charge >= 0.3 is 0 Å². The van der Waals surface area contributed by atoms with Crippen LogP contribution in [0.1, 0.15) is 45.1 Å². The molecule has 118 valence electrons. The molecule has 2 rings (SSSR count). The average Bonchev–Trinajstić information content (AvgIpc) is 2.93. The average molecular weight is 373 g/mol. The van der Waals surface area contributed by atoms with Crippen molar-refractivity contribution in [2.75, 3.05) is 13.1 Å². The molecule has 1 aromatic carbocycles. The Labute approximate surface area is 143 Å². The van der Waals surface area contributed by atoms with E-state index in [1.165, 1.54) is 31.2 Å². The van der Waals surface area contributed by atoms with Gasteiger partial charge in [0.25, 0.3) is 0 Å². The Bertz CT molecular complexity index is 441. The predicted molar refractivity (Wildman–Crippen MR) is 96.0 cm³/mol. The first-order valence-electron chi connectivity index (χ1n) is 8.21. The highest BCUT2D eigenvalue weighted by Crippen LogP contribution is 2.34. The number of hydrogen-bond donors (Lipinski definition) is 1. The smallest absolute Gasteiger partial charge is 0.0449 e. The van der Waals surface area contributed by atoms with E-state index in [9.17, 15) is 0 Å². The highest BCUT2D eigenvalue weighted by Gasteiger charge is 2.25. The van der Waals surface area contributed by atoms with Crippen molar-refractivity contribution in [3.8, 4) is 0 Å². The second-order valence-electron chi connectivity index (χ2n) is 6.80. The lowest BCUT2D eigenvalue weighted by atomic mass is 9.85. The van der Waals surface area contributed by atoms with Crippen LogP contribution in [0.4, 0.5) is 0 Å². The van der Waals surface area contributed by atoms with Crippen LogP contribution in [0.5, 0.6) is 0 Å². The molecule has 1 aliphatic carbocycles. The van der Waals surface area contributed by atoms with Gasteiger partial charge in [-0.1, -0.05) is 73.1 Å².